The fourth-order valence-electron chi connectivity index (χ4n) is 1.99. The Bertz CT molecular complexity index is 759. The Morgan fingerprint density at radius 1 is 1.17 bits per heavy atom. The van der Waals surface area contributed by atoms with Crippen molar-refractivity contribution in [3.05, 3.63) is 53.1 Å². The summed E-state index contributed by atoms with van der Waals surface area (Å²) in [7, 11) is 1.53. The largest absolute Gasteiger partial charge is 0.506 e. The van der Waals surface area contributed by atoms with Gasteiger partial charge in [0.2, 0.25) is 0 Å². The van der Waals surface area contributed by atoms with Crippen LogP contribution in [0.5, 0.6) is 11.5 Å². The molecular weight excluding hydrogens is 312 g/mol. The molecule has 120 valence electrons. The van der Waals surface area contributed by atoms with Crippen LogP contribution in [0.15, 0.2) is 36.4 Å². The molecule has 0 aromatic heterocycles. The lowest BCUT2D eigenvalue weighted by Crippen LogP contribution is -2.34. The van der Waals surface area contributed by atoms with Crippen molar-refractivity contribution in [2.45, 2.75) is 13.8 Å². The number of hydrogen-bond donors (Lipinski definition) is 3. The maximum absolute atomic E-state index is 12.2. The standard InChI is InChI=1S/C17H18N2O3S/c1-10-7-14(15(20)8-11(10)2)18-17(23)19-16(21)12-5-4-6-13(9-12)22-3/h4-9,20H,1-3H3,(H2,18,19,21,23). The van der Waals surface area contributed by atoms with Gasteiger partial charge in [-0.3, -0.25) is 10.1 Å². The fourth-order valence-corrected chi connectivity index (χ4v) is 2.20. The Labute approximate surface area is 140 Å². The number of nitrogens with one attached hydrogen (secondary N) is 2. The first-order valence-electron chi connectivity index (χ1n) is 6.97. The molecular formula is C17H18N2O3S. The second kappa shape index (κ2) is 7.11. The summed E-state index contributed by atoms with van der Waals surface area (Å²) in [6.45, 7) is 3.83. The Hall–Kier alpha value is -2.60. The number of carbonyl (C=O) groups is 1. The van der Waals surface area contributed by atoms with Crippen molar-refractivity contribution in [2.75, 3.05) is 12.4 Å². The van der Waals surface area contributed by atoms with Gasteiger partial charge in [0.1, 0.15) is 11.5 Å². The number of carbonyl (C=O) groups excluding carboxylic acids is 1. The number of aromatic hydroxyl groups is 1. The van der Waals surface area contributed by atoms with E-state index in [4.69, 9.17) is 17.0 Å². The van der Waals surface area contributed by atoms with Gasteiger partial charge in [-0.15, -0.1) is 0 Å². The molecule has 0 spiro atoms. The summed E-state index contributed by atoms with van der Waals surface area (Å²) >= 11 is 5.12. The molecule has 0 fully saturated rings. The van der Waals surface area contributed by atoms with E-state index in [1.807, 2.05) is 13.8 Å². The van der Waals surface area contributed by atoms with Crippen LogP contribution < -0.4 is 15.4 Å². The van der Waals surface area contributed by atoms with E-state index in [2.05, 4.69) is 10.6 Å². The highest BCUT2D eigenvalue weighted by molar-refractivity contribution is 7.80. The van der Waals surface area contributed by atoms with E-state index in [9.17, 15) is 9.90 Å². The van der Waals surface area contributed by atoms with E-state index in [1.54, 1.807) is 36.4 Å². The molecule has 0 radical (unpaired) electrons. The molecule has 2 aromatic rings. The zero-order chi connectivity index (χ0) is 17.0. The molecule has 2 aromatic carbocycles. The van der Waals surface area contributed by atoms with Crippen LogP contribution in [-0.4, -0.2) is 23.2 Å². The number of aryl methyl sites for hydroxylation is 2. The number of phenols is 1. The Balaban J connectivity index is 2.07. The van der Waals surface area contributed by atoms with Crippen molar-refractivity contribution in [3.8, 4) is 11.5 Å². The Kier molecular flexibility index (Phi) is 5.18. The molecule has 0 aliphatic carbocycles. The van der Waals surface area contributed by atoms with Crippen LogP contribution in [0, 0.1) is 13.8 Å². The summed E-state index contributed by atoms with van der Waals surface area (Å²) in [5, 5.41) is 15.4. The highest BCUT2D eigenvalue weighted by atomic mass is 32.1. The molecule has 0 bridgehead atoms. The summed E-state index contributed by atoms with van der Waals surface area (Å²) < 4.78 is 5.08. The van der Waals surface area contributed by atoms with Crippen molar-refractivity contribution >= 4 is 28.9 Å². The number of phenolic OH excluding ortho intramolecular Hbond substituents is 1. The van der Waals surface area contributed by atoms with Gasteiger partial charge in [0.15, 0.2) is 5.11 Å². The van der Waals surface area contributed by atoms with E-state index in [0.29, 0.717) is 17.0 Å². The molecule has 2 rings (SSSR count). The van der Waals surface area contributed by atoms with Crippen LogP contribution in [0.3, 0.4) is 0 Å². The summed E-state index contributed by atoms with van der Waals surface area (Å²) in [6.07, 6.45) is 0. The molecule has 3 N–H and O–H groups in total. The molecule has 0 saturated heterocycles. The zero-order valence-corrected chi connectivity index (χ0v) is 14.0. The average Bonchev–Trinajstić information content (AvgIpc) is 2.52. The van der Waals surface area contributed by atoms with Crippen LogP contribution in [0.2, 0.25) is 0 Å². The SMILES string of the molecule is COc1cccc(C(=O)NC(=S)Nc2cc(C)c(C)cc2O)c1. The lowest BCUT2D eigenvalue weighted by molar-refractivity contribution is 0.0977. The van der Waals surface area contributed by atoms with Gasteiger partial charge >= 0.3 is 0 Å². The van der Waals surface area contributed by atoms with Gasteiger partial charge in [0, 0.05) is 5.56 Å². The minimum absolute atomic E-state index is 0.0751. The summed E-state index contributed by atoms with van der Waals surface area (Å²) in [4.78, 5) is 12.2. The maximum atomic E-state index is 12.2. The molecule has 0 heterocycles. The van der Waals surface area contributed by atoms with E-state index >= 15 is 0 Å². The van der Waals surface area contributed by atoms with E-state index in [1.165, 1.54) is 7.11 Å². The van der Waals surface area contributed by atoms with Crippen molar-refractivity contribution < 1.29 is 14.6 Å². The summed E-state index contributed by atoms with van der Waals surface area (Å²) in [5.74, 6) is 0.305. The minimum Gasteiger partial charge on any atom is -0.506 e. The molecule has 0 aliphatic heterocycles. The topological polar surface area (TPSA) is 70.6 Å². The monoisotopic (exact) mass is 330 g/mol. The number of hydrogen-bond acceptors (Lipinski definition) is 4. The molecule has 0 atom stereocenters. The molecule has 6 heteroatoms. The molecule has 1 amide bonds. The lowest BCUT2D eigenvalue weighted by atomic mass is 10.1. The number of thiocarbonyl (C=S) groups is 1. The van der Waals surface area contributed by atoms with E-state index < -0.39 is 0 Å². The van der Waals surface area contributed by atoms with Gasteiger partial charge in [0.25, 0.3) is 5.91 Å². The number of rotatable bonds is 3. The van der Waals surface area contributed by atoms with Crippen molar-refractivity contribution in [1.82, 2.24) is 5.32 Å². The Morgan fingerprint density at radius 3 is 2.57 bits per heavy atom. The number of ether oxygens (including phenoxy) is 1. The minimum atomic E-state index is -0.357. The first-order valence-corrected chi connectivity index (χ1v) is 7.38. The third kappa shape index (κ3) is 4.20. The van der Waals surface area contributed by atoms with Gasteiger partial charge in [-0.25, -0.2) is 0 Å². The quantitative estimate of drug-likeness (QED) is 0.596. The van der Waals surface area contributed by atoms with Gasteiger partial charge in [-0.1, -0.05) is 6.07 Å². The number of amides is 1. The highest BCUT2D eigenvalue weighted by Gasteiger charge is 2.11. The Morgan fingerprint density at radius 2 is 1.87 bits per heavy atom. The predicted octanol–water partition coefficient (Wildman–Crippen LogP) is 3.14. The normalized spacial score (nSPS) is 10.0. The van der Waals surface area contributed by atoms with Crippen LogP contribution in [-0.2, 0) is 0 Å². The predicted molar refractivity (Wildman–Crippen MR) is 94.3 cm³/mol. The second-order valence-electron chi connectivity index (χ2n) is 5.09. The third-order valence-electron chi connectivity index (χ3n) is 3.42. The number of methoxy groups -OCH3 is 1. The molecule has 23 heavy (non-hydrogen) atoms. The smallest absolute Gasteiger partial charge is 0.257 e. The van der Waals surface area contributed by atoms with Crippen LogP contribution in [0.4, 0.5) is 5.69 Å². The van der Waals surface area contributed by atoms with Crippen molar-refractivity contribution in [2.24, 2.45) is 0 Å². The van der Waals surface area contributed by atoms with Gasteiger partial charge in [-0.2, -0.15) is 0 Å². The van der Waals surface area contributed by atoms with E-state index in [-0.39, 0.29) is 16.8 Å². The van der Waals surface area contributed by atoms with Crippen LogP contribution >= 0.6 is 12.2 Å². The van der Waals surface area contributed by atoms with Gasteiger partial charge in [-0.05, 0) is 67.5 Å². The third-order valence-corrected chi connectivity index (χ3v) is 3.62. The average molecular weight is 330 g/mol. The van der Waals surface area contributed by atoms with Crippen LogP contribution in [0.1, 0.15) is 21.5 Å². The highest BCUT2D eigenvalue weighted by Crippen LogP contribution is 2.26. The summed E-state index contributed by atoms with van der Waals surface area (Å²) in [6, 6.07) is 10.2. The maximum Gasteiger partial charge on any atom is 0.257 e. The van der Waals surface area contributed by atoms with Crippen molar-refractivity contribution in [1.29, 1.82) is 0 Å². The summed E-state index contributed by atoms with van der Waals surface area (Å²) in [5.41, 5.74) is 2.86. The molecule has 5 nitrogen and oxygen atoms in total. The first-order chi connectivity index (χ1) is 10.9. The molecule has 0 unspecified atom stereocenters. The van der Waals surface area contributed by atoms with E-state index in [0.717, 1.165) is 11.1 Å². The van der Waals surface area contributed by atoms with Gasteiger partial charge < -0.3 is 15.2 Å². The fraction of sp³-hybridized carbons (Fsp3) is 0.176. The van der Waals surface area contributed by atoms with Crippen molar-refractivity contribution in [3.63, 3.8) is 0 Å². The molecule has 0 aliphatic rings. The molecule has 0 saturated carbocycles. The number of anilines is 1. The lowest BCUT2D eigenvalue weighted by Gasteiger charge is -2.13. The first kappa shape index (κ1) is 16.8. The number of benzene rings is 2. The zero-order valence-electron chi connectivity index (χ0n) is 13.1. The van der Waals surface area contributed by atoms with Crippen LogP contribution in [0.25, 0.3) is 0 Å². The second-order valence-corrected chi connectivity index (χ2v) is 5.50. The van der Waals surface area contributed by atoms with Gasteiger partial charge in [0.05, 0.1) is 12.8 Å².